The normalized spacial score (nSPS) is 18.8. The molecule has 1 heterocycles. The first-order valence-electron chi connectivity index (χ1n) is 6.60. The first kappa shape index (κ1) is 14.2. The fourth-order valence-corrected chi connectivity index (χ4v) is 2.41. The van der Waals surface area contributed by atoms with Crippen LogP contribution in [0.1, 0.15) is 23.7 Å². The van der Waals surface area contributed by atoms with E-state index in [-0.39, 0.29) is 6.10 Å². The Kier molecular flexibility index (Phi) is 5.07. The minimum Gasteiger partial charge on any atom is -0.375 e. The molecule has 104 valence electrons. The summed E-state index contributed by atoms with van der Waals surface area (Å²) in [5, 5.41) is 3.29. The largest absolute Gasteiger partial charge is 0.375 e. The second-order valence-corrected chi connectivity index (χ2v) is 4.78. The third-order valence-corrected chi connectivity index (χ3v) is 3.49. The van der Waals surface area contributed by atoms with Crippen molar-refractivity contribution in [2.75, 3.05) is 26.9 Å². The van der Waals surface area contributed by atoms with Crippen LogP contribution in [0.2, 0.25) is 0 Å². The van der Waals surface area contributed by atoms with E-state index in [0.29, 0.717) is 0 Å². The lowest BCUT2D eigenvalue weighted by Gasteiger charge is -2.21. The molecule has 0 aliphatic carbocycles. The van der Waals surface area contributed by atoms with Crippen LogP contribution in [0.5, 0.6) is 0 Å². The van der Waals surface area contributed by atoms with Gasteiger partial charge in [-0.2, -0.15) is 0 Å². The van der Waals surface area contributed by atoms with Crippen molar-refractivity contribution >= 4 is 5.57 Å². The molecule has 0 fully saturated rings. The number of nitrogens with two attached hydrogens (primary N) is 1. The maximum absolute atomic E-state index is 12.7. The molecule has 2 rings (SSSR count). The van der Waals surface area contributed by atoms with E-state index >= 15 is 0 Å². The highest BCUT2D eigenvalue weighted by molar-refractivity contribution is 5.66. The maximum atomic E-state index is 12.7. The summed E-state index contributed by atoms with van der Waals surface area (Å²) >= 11 is 0. The van der Waals surface area contributed by atoms with Crippen LogP contribution in [-0.2, 0) is 4.74 Å². The molecule has 1 aliphatic heterocycles. The van der Waals surface area contributed by atoms with Crippen LogP contribution in [0, 0.1) is 0 Å². The van der Waals surface area contributed by atoms with Crippen molar-refractivity contribution in [2.45, 2.75) is 18.6 Å². The summed E-state index contributed by atoms with van der Waals surface area (Å²) in [4.78, 5) is 0. The first-order chi connectivity index (χ1) is 9.26. The standard InChI is InChI=1S/C15H21FN2O/c1-19-15(14(17)10-16)13-4-2-11(3-5-13)12-6-8-18-9-7-12/h2-6,14-15,18H,7-10,17H2,1H3/t14-,15-/m1/s1. The Morgan fingerprint density at radius 1 is 1.37 bits per heavy atom. The van der Waals surface area contributed by atoms with Crippen LogP contribution in [0.4, 0.5) is 4.39 Å². The van der Waals surface area contributed by atoms with Gasteiger partial charge in [0.2, 0.25) is 0 Å². The van der Waals surface area contributed by atoms with E-state index in [9.17, 15) is 4.39 Å². The van der Waals surface area contributed by atoms with Crippen LogP contribution >= 0.6 is 0 Å². The van der Waals surface area contributed by atoms with E-state index in [0.717, 1.165) is 25.1 Å². The number of benzene rings is 1. The number of halogens is 1. The highest BCUT2D eigenvalue weighted by atomic mass is 19.1. The highest BCUT2D eigenvalue weighted by Gasteiger charge is 2.19. The monoisotopic (exact) mass is 264 g/mol. The summed E-state index contributed by atoms with van der Waals surface area (Å²) < 4.78 is 17.9. The Morgan fingerprint density at radius 2 is 2.11 bits per heavy atom. The molecule has 0 unspecified atom stereocenters. The molecule has 1 aromatic rings. The molecular formula is C15H21FN2O. The lowest BCUT2D eigenvalue weighted by Crippen LogP contribution is -2.31. The number of rotatable bonds is 5. The molecule has 0 radical (unpaired) electrons. The maximum Gasteiger partial charge on any atom is 0.107 e. The van der Waals surface area contributed by atoms with E-state index in [1.165, 1.54) is 11.1 Å². The summed E-state index contributed by atoms with van der Waals surface area (Å²) in [7, 11) is 1.56. The average molecular weight is 264 g/mol. The van der Waals surface area contributed by atoms with Gasteiger partial charge in [0.1, 0.15) is 6.67 Å². The van der Waals surface area contributed by atoms with Gasteiger partial charge < -0.3 is 15.8 Å². The second kappa shape index (κ2) is 6.80. The van der Waals surface area contributed by atoms with Gasteiger partial charge in [-0.25, -0.2) is 4.39 Å². The molecular weight excluding hydrogens is 243 g/mol. The minimum absolute atomic E-state index is 0.388. The topological polar surface area (TPSA) is 47.3 Å². The molecule has 19 heavy (non-hydrogen) atoms. The minimum atomic E-state index is -0.617. The van der Waals surface area contributed by atoms with Gasteiger partial charge in [-0.05, 0) is 29.7 Å². The fraction of sp³-hybridized carbons (Fsp3) is 0.467. The van der Waals surface area contributed by atoms with Gasteiger partial charge in [-0.1, -0.05) is 30.3 Å². The van der Waals surface area contributed by atoms with Crippen LogP contribution in [0.3, 0.4) is 0 Å². The lowest BCUT2D eigenvalue weighted by atomic mass is 9.96. The van der Waals surface area contributed by atoms with E-state index in [2.05, 4.69) is 23.5 Å². The van der Waals surface area contributed by atoms with Crippen molar-refractivity contribution < 1.29 is 9.13 Å². The molecule has 1 aromatic carbocycles. The first-order valence-corrected chi connectivity index (χ1v) is 6.60. The SMILES string of the molecule is CO[C@H](c1ccc(C2=CCNCC2)cc1)[C@H](N)CF. The summed E-state index contributed by atoms with van der Waals surface area (Å²) in [6.45, 7) is 1.35. The Morgan fingerprint density at radius 3 is 2.63 bits per heavy atom. The zero-order valence-corrected chi connectivity index (χ0v) is 11.2. The number of nitrogens with one attached hydrogen (secondary N) is 1. The second-order valence-electron chi connectivity index (χ2n) is 4.78. The van der Waals surface area contributed by atoms with Crippen LogP contribution in [0.25, 0.3) is 5.57 Å². The number of alkyl halides is 1. The van der Waals surface area contributed by atoms with E-state index in [4.69, 9.17) is 10.5 Å². The van der Waals surface area contributed by atoms with Gasteiger partial charge in [0.15, 0.2) is 0 Å². The Balaban J connectivity index is 2.15. The van der Waals surface area contributed by atoms with Crippen LogP contribution in [-0.4, -0.2) is 32.9 Å². The van der Waals surface area contributed by atoms with Gasteiger partial charge >= 0.3 is 0 Å². The summed E-state index contributed by atoms with van der Waals surface area (Å²) in [5.41, 5.74) is 9.22. The Bertz CT molecular complexity index is 430. The molecule has 3 N–H and O–H groups in total. The van der Waals surface area contributed by atoms with Crippen molar-refractivity contribution in [3.8, 4) is 0 Å². The molecule has 0 saturated heterocycles. The molecule has 4 heteroatoms. The fourth-order valence-electron chi connectivity index (χ4n) is 2.41. The van der Waals surface area contributed by atoms with Crippen molar-refractivity contribution in [3.63, 3.8) is 0 Å². The Hall–Kier alpha value is -1.23. The summed E-state index contributed by atoms with van der Waals surface area (Å²) in [5.74, 6) is 0. The predicted molar refractivity (Wildman–Crippen MR) is 75.6 cm³/mol. The third-order valence-electron chi connectivity index (χ3n) is 3.49. The summed E-state index contributed by atoms with van der Waals surface area (Å²) in [6, 6.07) is 7.45. The zero-order valence-electron chi connectivity index (χ0n) is 11.2. The molecule has 0 amide bonds. The highest BCUT2D eigenvalue weighted by Crippen LogP contribution is 2.24. The zero-order chi connectivity index (χ0) is 13.7. The smallest absolute Gasteiger partial charge is 0.107 e. The summed E-state index contributed by atoms with van der Waals surface area (Å²) in [6.07, 6.45) is 2.86. The molecule has 2 atom stereocenters. The van der Waals surface area contributed by atoms with Gasteiger partial charge in [0.05, 0.1) is 12.1 Å². The molecule has 0 spiro atoms. The predicted octanol–water partition coefficient (Wildman–Crippen LogP) is 2.05. The number of methoxy groups -OCH3 is 1. The number of hydrogen-bond donors (Lipinski definition) is 2. The molecule has 0 aromatic heterocycles. The van der Waals surface area contributed by atoms with Gasteiger partial charge in [-0.15, -0.1) is 0 Å². The molecule has 0 bridgehead atoms. The van der Waals surface area contributed by atoms with E-state index in [1.807, 2.05) is 12.1 Å². The Labute approximate surface area is 113 Å². The quantitative estimate of drug-likeness (QED) is 0.855. The average Bonchev–Trinajstić information content (AvgIpc) is 2.49. The van der Waals surface area contributed by atoms with E-state index < -0.39 is 12.7 Å². The molecule has 3 nitrogen and oxygen atoms in total. The third kappa shape index (κ3) is 3.41. The van der Waals surface area contributed by atoms with E-state index in [1.54, 1.807) is 7.11 Å². The van der Waals surface area contributed by atoms with Gasteiger partial charge in [0.25, 0.3) is 0 Å². The number of ether oxygens (including phenoxy) is 1. The van der Waals surface area contributed by atoms with Crippen molar-refractivity contribution in [2.24, 2.45) is 5.73 Å². The molecule has 0 saturated carbocycles. The van der Waals surface area contributed by atoms with Crippen molar-refractivity contribution in [1.82, 2.24) is 5.32 Å². The number of hydrogen-bond acceptors (Lipinski definition) is 3. The van der Waals surface area contributed by atoms with Crippen LogP contribution in [0.15, 0.2) is 30.3 Å². The van der Waals surface area contributed by atoms with Crippen molar-refractivity contribution in [3.05, 3.63) is 41.5 Å². The lowest BCUT2D eigenvalue weighted by molar-refractivity contribution is 0.0721. The van der Waals surface area contributed by atoms with Crippen molar-refractivity contribution in [1.29, 1.82) is 0 Å². The molecule has 1 aliphatic rings. The van der Waals surface area contributed by atoms with Gasteiger partial charge in [0, 0.05) is 13.7 Å². The van der Waals surface area contributed by atoms with Gasteiger partial charge in [-0.3, -0.25) is 0 Å². The van der Waals surface area contributed by atoms with Crippen LogP contribution < -0.4 is 11.1 Å².